The SMILES string of the molecule is COCCN1CCN(Cc2cnco2)c2cnc(Cl)nc21. The monoisotopic (exact) mass is 309 g/mol. The molecule has 0 amide bonds. The van der Waals surface area contributed by atoms with Crippen molar-refractivity contribution in [1.82, 2.24) is 15.0 Å². The molecule has 0 N–H and O–H groups in total. The minimum atomic E-state index is 0.248. The Bertz CT molecular complexity index is 592. The number of nitrogens with zero attached hydrogens (tertiary/aromatic N) is 5. The topological polar surface area (TPSA) is 67.5 Å². The lowest BCUT2D eigenvalue weighted by molar-refractivity contribution is 0.205. The molecule has 0 saturated heterocycles. The first-order valence-electron chi connectivity index (χ1n) is 6.66. The zero-order chi connectivity index (χ0) is 14.7. The molecule has 0 aromatic carbocycles. The predicted octanol–water partition coefficient (Wildman–Crippen LogP) is 1.59. The van der Waals surface area contributed by atoms with E-state index in [9.17, 15) is 0 Å². The van der Waals surface area contributed by atoms with Gasteiger partial charge in [0, 0.05) is 26.7 Å². The van der Waals surface area contributed by atoms with Crippen molar-refractivity contribution in [2.45, 2.75) is 6.54 Å². The van der Waals surface area contributed by atoms with Gasteiger partial charge in [0.1, 0.15) is 5.76 Å². The van der Waals surface area contributed by atoms with Crippen LogP contribution in [-0.4, -0.2) is 48.3 Å². The lowest BCUT2D eigenvalue weighted by Gasteiger charge is -2.37. The Morgan fingerprint density at radius 1 is 1.33 bits per heavy atom. The number of oxazole rings is 1. The van der Waals surface area contributed by atoms with Crippen LogP contribution in [0.2, 0.25) is 5.28 Å². The van der Waals surface area contributed by atoms with E-state index in [0.717, 1.165) is 36.9 Å². The summed E-state index contributed by atoms with van der Waals surface area (Å²) in [5.74, 6) is 1.64. The smallest absolute Gasteiger partial charge is 0.224 e. The molecule has 112 valence electrons. The van der Waals surface area contributed by atoms with E-state index in [1.54, 1.807) is 19.5 Å². The summed E-state index contributed by atoms with van der Waals surface area (Å²) in [5.41, 5.74) is 0.943. The van der Waals surface area contributed by atoms with Crippen LogP contribution in [0.1, 0.15) is 5.76 Å². The molecule has 3 rings (SSSR count). The molecular formula is C13H16ClN5O2. The molecule has 0 spiro atoms. The molecular weight excluding hydrogens is 294 g/mol. The lowest BCUT2D eigenvalue weighted by atomic mass is 10.2. The van der Waals surface area contributed by atoms with Gasteiger partial charge in [0.15, 0.2) is 12.2 Å². The number of rotatable bonds is 5. The van der Waals surface area contributed by atoms with Gasteiger partial charge in [-0.1, -0.05) is 0 Å². The van der Waals surface area contributed by atoms with Crippen LogP contribution in [-0.2, 0) is 11.3 Å². The van der Waals surface area contributed by atoms with Crippen molar-refractivity contribution in [2.24, 2.45) is 0 Å². The number of ether oxygens (including phenoxy) is 1. The van der Waals surface area contributed by atoms with Gasteiger partial charge in [0.25, 0.3) is 0 Å². The van der Waals surface area contributed by atoms with Crippen molar-refractivity contribution in [1.29, 1.82) is 0 Å². The minimum Gasteiger partial charge on any atom is -0.447 e. The maximum Gasteiger partial charge on any atom is 0.224 e. The average molecular weight is 310 g/mol. The van der Waals surface area contributed by atoms with E-state index in [0.29, 0.717) is 13.2 Å². The number of methoxy groups -OCH3 is 1. The number of hydrogen-bond donors (Lipinski definition) is 0. The van der Waals surface area contributed by atoms with Crippen LogP contribution in [0.15, 0.2) is 23.2 Å². The first-order valence-corrected chi connectivity index (χ1v) is 7.04. The van der Waals surface area contributed by atoms with E-state index in [2.05, 4.69) is 24.8 Å². The van der Waals surface area contributed by atoms with Crippen molar-refractivity contribution >= 4 is 23.1 Å². The summed E-state index contributed by atoms with van der Waals surface area (Å²) in [6.07, 6.45) is 4.90. The van der Waals surface area contributed by atoms with Crippen molar-refractivity contribution in [3.63, 3.8) is 0 Å². The van der Waals surface area contributed by atoms with E-state index in [1.807, 2.05) is 0 Å². The van der Waals surface area contributed by atoms with E-state index in [4.69, 9.17) is 20.8 Å². The van der Waals surface area contributed by atoms with Gasteiger partial charge in [0.05, 0.1) is 31.2 Å². The van der Waals surface area contributed by atoms with E-state index >= 15 is 0 Å². The van der Waals surface area contributed by atoms with Crippen molar-refractivity contribution in [3.05, 3.63) is 29.8 Å². The molecule has 0 radical (unpaired) electrons. The summed E-state index contributed by atoms with van der Waals surface area (Å²) in [5, 5.41) is 0.248. The Balaban J connectivity index is 1.85. The van der Waals surface area contributed by atoms with Gasteiger partial charge >= 0.3 is 0 Å². The molecule has 0 aliphatic carbocycles. The van der Waals surface area contributed by atoms with Crippen LogP contribution in [0.5, 0.6) is 0 Å². The second-order valence-corrected chi connectivity index (χ2v) is 5.06. The normalized spacial score (nSPS) is 14.4. The third-order valence-corrected chi connectivity index (χ3v) is 3.58. The van der Waals surface area contributed by atoms with Gasteiger partial charge < -0.3 is 19.0 Å². The molecule has 21 heavy (non-hydrogen) atoms. The van der Waals surface area contributed by atoms with Gasteiger partial charge in [-0.25, -0.2) is 9.97 Å². The summed E-state index contributed by atoms with van der Waals surface area (Å²) >= 11 is 5.94. The number of fused-ring (bicyclic) bond motifs is 1. The molecule has 2 aromatic rings. The third-order valence-electron chi connectivity index (χ3n) is 3.40. The maximum absolute atomic E-state index is 5.94. The van der Waals surface area contributed by atoms with Gasteiger partial charge in [-0.15, -0.1) is 0 Å². The molecule has 8 heteroatoms. The predicted molar refractivity (Wildman–Crippen MR) is 78.7 cm³/mol. The summed E-state index contributed by atoms with van der Waals surface area (Å²) < 4.78 is 10.5. The van der Waals surface area contributed by atoms with Crippen LogP contribution in [0.4, 0.5) is 11.5 Å². The van der Waals surface area contributed by atoms with Gasteiger partial charge in [-0.2, -0.15) is 4.98 Å². The first-order chi connectivity index (χ1) is 10.3. The zero-order valence-corrected chi connectivity index (χ0v) is 12.5. The van der Waals surface area contributed by atoms with Crippen LogP contribution in [0.3, 0.4) is 0 Å². The summed E-state index contributed by atoms with van der Waals surface area (Å²) in [6, 6.07) is 0. The molecule has 7 nitrogen and oxygen atoms in total. The minimum absolute atomic E-state index is 0.248. The molecule has 1 aliphatic heterocycles. The van der Waals surface area contributed by atoms with Crippen molar-refractivity contribution in [2.75, 3.05) is 43.2 Å². The van der Waals surface area contributed by atoms with E-state index in [-0.39, 0.29) is 5.28 Å². The van der Waals surface area contributed by atoms with Crippen LogP contribution >= 0.6 is 11.6 Å². The maximum atomic E-state index is 5.94. The summed E-state index contributed by atoms with van der Waals surface area (Å²) in [4.78, 5) is 16.7. The fourth-order valence-electron chi connectivity index (χ4n) is 2.36. The van der Waals surface area contributed by atoms with Gasteiger partial charge in [0.2, 0.25) is 5.28 Å². The van der Waals surface area contributed by atoms with Crippen LogP contribution in [0.25, 0.3) is 0 Å². The fourth-order valence-corrected chi connectivity index (χ4v) is 2.49. The Morgan fingerprint density at radius 3 is 2.95 bits per heavy atom. The molecule has 0 fully saturated rings. The number of anilines is 2. The van der Waals surface area contributed by atoms with Crippen LogP contribution in [0, 0.1) is 0 Å². The quantitative estimate of drug-likeness (QED) is 0.777. The lowest BCUT2D eigenvalue weighted by Crippen LogP contribution is -2.42. The molecule has 0 bridgehead atoms. The number of halogens is 1. The Labute approximate surface area is 127 Å². The van der Waals surface area contributed by atoms with E-state index in [1.165, 1.54) is 6.39 Å². The molecule has 0 unspecified atom stereocenters. The highest BCUT2D eigenvalue weighted by Crippen LogP contribution is 2.32. The largest absolute Gasteiger partial charge is 0.447 e. The Hall–Kier alpha value is -1.86. The summed E-state index contributed by atoms with van der Waals surface area (Å²) in [7, 11) is 1.69. The highest BCUT2D eigenvalue weighted by Gasteiger charge is 2.25. The highest BCUT2D eigenvalue weighted by molar-refractivity contribution is 6.28. The van der Waals surface area contributed by atoms with E-state index < -0.39 is 0 Å². The average Bonchev–Trinajstić information content (AvgIpc) is 2.99. The fraction of sp³-hybridized carbons (Fsp3) is 0.462. The van der Waals surface area contributed by atoms with Crippen LogP contribution < -0.4 is 9.80 Å². The molecule has 0 saturated carbocycles. The first kappa shape index (κ1) is 14.1. The zero-order valence-electron chi connectivity index (χ0n) is 11.7. The Kier molecular flexibility index (Phi) is 4.21. The number of aromatic nitrogens is 3. The Morgan fingerprint density at radius 2 is 2.19 bits per heavy atom. The molecule has 3 heterocycles. The second kappa shape index (κ2) is 6.28. The van der Waals surface area contributed by atoms with Gasteiger partial charge in [-0.3, -0.25) is 0 Å². The molecule has 0 atom stereocenters. The highest BCUT2D eigenvalue weighted by atomic mass is 35.5. The third kappa shape index (κ3) is 3.08. The van der Waals surface area contributed by atoms with Gasteiger partial charge in [-0.05, 0) is 11.6 Å². The molecule has 2 aromatic heterocycles. The van der Waals surface area contributed by atoms with Crippen molar-refractivity contribution < 1.29 is 9.15 Å². The second-order valence-electron chi connectivity index (χ2n) is 4.72. The summed E-state index contributed by atoms with van der Waals surface area (Å²) in [6.45, 7) is 3.74. The number of hydrogen-bond acceptors (Lipinski definition) is 7. The molecule has 1 aliphatic rings. The standard InChI is InChI=1S/C13H16ClN5O2/c1-20-5-4-18-2-3-19(8-10-6-15-9-21-10)11-7-16-13(14)17-12(11)18/h6-7,9H,2-5,8H2,1H3. The van der Waals surface area contributed by atoms with Crippen molar-refractivity contribution in [3.8, 4) is 0 Å².